The van der Waals surface area contributed by atoms with E-state index in [0.717, 1.165) is 24.0 Å². The van der Waals surface area contributed by atoms with E-state index in [2.05, 4.69) is 86.1 Å². The molecule has 37 heavy (non-hydrogen) atoms. The Morgan fingerprint density at radius 1 is 1.05 bits per heavy atom. The Bertz CT molecular complexity index is 1500. The monoisotopic (exact) mass is 754 g/mol. The second-order valence-corrected chi connectivity index (χ2v) is 12.1. The molecule has 0 saturated carbocycles. The van der Waals surface area contributed by atoms with E-state index in [1.165, 1.54) is 22.5 Å². The first-order valence-corrected chi connectivity index (χ1v) is 14.7. The number of nitrogens with one attached hydrogen (secondary N) is 2. The number of carbonyl (C=O) groups excluding carboxylic acids is 1. The van der Waals surface area contributed by atoms with Crippen molar-refractivity contribution in [2.45, 2.75) is 12.1 Å². The average Bonchev–Trinajstić information content (AvgIpc) is 3.21. The predicted octanol–water partition coefficient (Wildman–Crippen LogP) is 7.89. The average molecular weight is 755 g/mol. The highest BCUT2D eigenvalue weighted by Gasteiger charge is 2.28. The van der Waals surface area contributed by atoms with Crippen LogP contribution in [0.1, 0.15) is 11.1 Å². The second kappa shape index (κ2) is 11.7. The first kappa shape index (κ1) is 26.5. The summed E-state index contributed by atoms with van der Waals surface area (Å²) in [5.74, 6) is 1.36. The lowest BCUT2D eigenvalue weighted by Crippen LogP contribution is -2.31. The largest absolute Gasteiger partial charge is 0.495 e. The molecule has 1 atom stereocenters. The molecule has 0 bridgehead atoms. The molecule has 1 fully saturated rings. The molecule has 9 heteroatoms. The zero-order chi connectivity index (χ0) is 25.9. The van der Waals surface area contributed by atoms with Crippen LogP contribution in [0.15, 0.2) is 77.7 Å². The Kier molecular flexibility index (Phi) is 8.37. The molecule has 5 nitrogen and oxygen atoms in total. The van der Waals surface area contributed by atoms with Gasteiger partial charge < -0.3 is 20.1 Å². The summed E-state index contributed by atoms with van der Waals surface area (Å²) in [5, 5.41) is 9.21. The van der Waals surface area contributed by atoms with Crippen molar-refractivity contribution in [2.75, 3.05) is 12.4 Å². The number of halogens is 3. The minimum atomic E-state index is -0.340. The van der Waals surface area contributed by atoms with Crippen molar-refractivity contribution in [3.05, 3.63) is 101 Å². The fraction of sp³-hybridized carbons (Fsp3) is 0.107. The van der Waals surface area contributed by atoms with Crippen LogP contribution in [-0.2, 0) is 11.4 Å². The Hall–Kier alpha value is -2.15. The Balaban J connectivity index is 1.31. The summed E-state index contributed by atoms with van der Waals surface area (Å²) in [7, 11) is 1.60. The quantitative estimate of drug-likeness (QED) is 0.149. The Morgan fingerprint density at radius 3 is 2.59 bits per heavy atom. The molecule has 0 aliphatic carbocycles. The minimum Gasteiger partial charge on any atom is -0.495 e. The van der Waals surface area contributed by atoms with E-state index < -0.39 is 0 Å². The lowest BCUT2D eigenvalue weighted by Gasteiger charge is -2.15. The minimum absolute atomic E-state index is 0.134. The number of methoxy groups -OCH3 is 1. The number of benzene rings is 4. The van der Waals surface area contributed by atoms with Gasteiger partial charge in [-0.3, -0.25) is 4.79 Å². The van der Waals surface area contributed by atoms with E-state index in [0.29, 0.717) is 28.0 Å². The third kappa shape index (κ3) is 6.13. The highest BCUT2D eigenvalue weighted by atomic mass is 127. The maximum Gasteiger partial charge on any atom is 0.260 e. The van der Waals surface area contributed by atoms with Crippen LogP contribution in [-0.4, -0.2) is 18.5 Å². The number of thioether (sulfide) groups is 1. The molecule has 0 aromatic heterocycles. The summed E-state index contributed by atoms with van der Waals surface area (Å²) in [6, 6.07) is 24.0. The van der Waals surface area contributed by atoms with Gasteiger partial charge in [-0.2, -0.15) is 0 Å². The molecule has 1 amide bonds. The molecule has 0 spiro atoms. The standard InChI is InChI=1S/C28H21ClI2N2O3S/c1-35-24-10-9-19(29)14-23(24)32-28-33-27(34)25(37-28)13-16-11-21(30)26(22(31)12-16)36-15-18-7-4-6-17-5-2-3-8-20(17)18/h2-14,28,32H,15H2,1H3,(H,33,34)/b25-13-. The Morgan fingerprint density at radius 2 is 1.81 bits per heavy atom. The first-order chi connectivity index (χ1) is 17.9. The van der Waals surface area contributed by atoms with Crippen LogP contribution in [0.4, 0.5) is 5.69 Å². The van der Waals surface area contributed by atoms with Crippen molar-refractivity contribution in [3.63, 3.8) is 0 Å². The summed E-state index contributed by atoms with van der Waals surface area (Å²) in [6.45, 7) is 0.479. The van der Waals surface area contributed by atoms with Crippen molar-refractivity contribution >= 4 is 97.0 Å². The van der Waals surface area contributed by atoms with Crippen molar-refractivity contribution in [1.29, 1.82) is 0 Å². The number of fused-ring (bicyclic) bond motifs is 1. The zero-order valence-electron chi connectivity index (χ0n) is 19.6. The van der Waals surface area contributed by atoms with Gasteiger partial charge in [-0.25, -0.2) is 0 Å². The fourth-order valence-corrected chi connectivity index (χ4v) is 7.30. The summed E-state index contributed by atoms with van der Waals surface area (Å²) >= 11 is 12.1. The van der Waals surface area contributed by atoms with E-state index in [1.807, 2.05) is 30.3 Å². The van der Waals surface area contributed by atoms with Crippen LogP contribution < -0.4 is 20.1 Å². The van der Waals surface area contributed by atoms with Crippen molar-refractivity contribution in [2.24, 2.45) is 0 Å². The lowest BCUT2D eigenvalue weighted by atomic mass is 10.1. The molecule has 5 rings (SSSR count). The molecular formula is C28H21ClI2N2O3S. The summed E-state index contributed by atoms with van der Waals surface area (Å²) in [5.41, 5.74) is 2.45. The van der Waals surface area contributed by atoms with Gasteiger partial charge in [0, 0.05) is 5.02 Å². The van der Waals surface area contributed by atoms with Gasteiger partial charge in [-0.05, 0) is 103 Å². The zero-order valence-corrected chi connectivity index (χ0v) is 25.4. The summed E-state index contributed by atoms with van der Waals surface area (Å²) in [4.78, 5) is 13.3. The van der Waals surface area contributed by atoms with E-state index in [-0.39, 0.29) is 11.4 Å². The van der Waals surface area contributed by atoms with Crippen LogP contribution in [0.3, 0.4) is 0 Å². The van der Waals surface area contributed by atoms with Gasteiger partial charge in [-0.1, -0.05) is 65.8 Å². The third-order valence-corrected chi connectivity index (χ3v) is 8.62. The number of amides is 1. The molecule has 4 aromatic rings. The summed E-state index contributed by atoms with van der Waals surface area (Å²) in [6.07, 6.45) is 1.90. The number of anilines is 1. The molecule has 1 unspecified atom stereocenters. The summed E-state index contributed by atoms with van der Waals surface area (Å²) < 4.78 is 13.6. The van der Waals surface area contributed by atoms with Gasteiger partial charge in [0.05, 0.1) is 24.8 Å². The molecule has 2 N–H and O–H groups in total. The molecule has 188 valence electrons. The number of hydrogen-bond donors (Lipinski definition) is 2. The van der Waals surface area contributed by atoms with E-state index in [1.54, 1.807) is 25.3 Å². The lowest BCUT2D eigenvalue weighted by molar-refractivity contribution is -0.116. The van der Waals surface area contributed by atoms with E-state index >= 15 is 0 Å². The van der Waals surface area contributed by atoms with Crippen molar-refractivity contribution in [3.8, 4) is 11.5 Å². The molecular weight excluding hydrogens is 734 g/mol. The van der Waals surface area contributed by atoms with Gasteiger partial charge in [0.15, 0.2) is 5.50 Å². The maximum absolute atomic E-state index is 12.7. The topological polar surface area (TPSA) is 59.6 Å². The molecule has 1 aliphatic rings. The van der Waals surface area contributed by atoms with Gasteiger partial charge in [0.1, 0.15) is 18.1 Å². The maximum atomic E-state index is 12.7. The van der Waals surface area contributed by atoms with Crippen LogP contribution in [0, 0.1) is 7.14 Å². The highest BCUT2D eigenvalue weighted by molar-refractivity contribution is 14.1. The molecule has 0 radical (unpaired) electrons. The molecule has 1 saturated heterocycles. The number of ether oxygens (including phenoxy) is 2. The van der Waals surface area contributed by atoms with Gasteiger partial charge in [0.25, 0.3) is 5.91 Å². The number of rotatable bonds is 7. The first-order valence-electron chi connectivity index (χ1n) is 11.3. The van der Waals surface area contributed by atoms with Crippen LogP contribution in [0.25, 0.3) is 16.8 Å². The second-order valence-electron chi connectivity index (χ2n) is 8.21. The van der Waals surface area contributed by atoms with Crippen molar-refractivity contribution in [1.82, 2.24) is 5.32 Å². The Labute approximate surface area is 251 Å². The van der Waals surface area contributed by atoms with Crippen LogP contribution in [0.5, 0.6) is 11.5 Å². The molecule has 1 aliphatic heterocycles. The van der Waals surface area contributed by atoms with Gasteiger partial charge in [0.2, 0.25) is 0 Å². The van der Waals surface area contributed by atoms with E-state index in [9.17, 15) is 4.79 Å². The number of carbonyl (C=O) groups is 1. The SMILES string of the molecule is COc1ccc(Cl)cc1NC1NC(=O)/C(=C/c2cc(I)c(OCc3cccc4ccccc34)c(I)c2)S1. The van der Waals surface area contributed by atoms with Gasteiger partial charge in [-0.15, -0.1) is 0 Å². The molecule has 4 aromatic carbocycles. The normalized spacial score (nSPS) is 16.2. The number of hydrogen-bond acceptors (Lipinski definition) is 5. The van der Waals surface area contributed by atoms with Crippen LogP contribution in [0.2, 0.25) is 5.02 Å². The smallest absolute Gasteiger partial charge is 0.260 e. The highest BCUT2D eigenvalue weighted by Crippen LogP contribution is 2.36. The van der Waals surface area contributed by atoms with Gasteiger partial charge >= 0.3 is 0 Å². The van der Waals surface area contributed by atoms with Crippen LogP contribution >= 0.6 is 68.5 Å². The molecule has 1 heterocycles. The fourth-order valence-electron chi connectivity index (χ4n) is 4.02. The van der Waals surface area contributed by atoms with Crippen molar-refractivity contribution < 1.29 is 14.3 Å². The predicted molar refractivity (Wildman–Crippen MR) is 169 cm³/mol. The third-order valence-electron chi connectivity index (χ3n) is 5.75. The van der Waals surface area contributed by atoms with E-state index in [4.69, 9.17) is 21.1 Å².